The molecule has 3 aromatic rings. The van der Waals surface area contributed by atoms with Crippen molar-refractivity contribution >= 4 is 26.7 Å². The van der Waals surface area contributed by atoms with Crippen LogP contribution in [0.5, 0.6) is 5.75 Å². The zero-order valence-corrected chi connectivity index (χ0v) is 16.8. The van der Waals surface area contributed by atoms with E-state index in [9.17, 15) is 13.2 Å². The summed E-state index contributed by atoms with van der Waals surface area (Å²) in [5.41, 5.74) is 1.63. The number of carbonyl (C=O) groups is 1. The second kappa shape index (κ2) is 8.44. The van der Waals surface area contributed by atoms with Crippen LogP contribution in [0, 0.1) is 0 Å². The highest BCUT2D eigenvalue weighted by Crippen LogP contribution is 2.25. The van der Waals surface area contributed by atoms with E-state index in [0.29, 0.717) is 12.0 Å². The van der Waals surface area contributed by atoms with Crippen LogP contribution in [0.3, 0.4) is 0 Å². The van der Waals surface area contributed by atoms with E-state index in [0.717, 1.165) is 26.4 Å². The first-order chi connectivity index (χ1) is 13.4. The SMILES string of the molecule is COc1ccc2cccc(CCN(C(C)=O)S(=O)(=O)Cc3ccccc3)c2c1. The number of hydrogen-bond acceptors (Lipinski definition) is 4. The smallest absolute Gasteiger partial charge is 0.241 e. The van der Waals surface area contributed by atoms with Crippen molar-refractivity contribution in [3.63, 3.8) is 0 Å². The lowest BCUT2D eigenvalue weighted by atomic mass is 10.0. The lowest BCUT2D eigenvalue weighted by Gasteiger charge is -2.21. The zero-order valence-electron chi connectivity index (χ0n) is 16.0. The molecule has 0 aliphatic rings. The fourth-order valence-corrected chi connectivity index (χ4v) is 4.77. The summed E-state index contributed by atoms with van der Waals surface area (Å²) in [6, 6.07) is 20.5. The quantitative estimate of drug-likeness (QED) is 0.609. The van der Waals surface area contributed by atoms with Gasteiger partial charge in [0.05, 0.1) is 12.9 Å². The normalized spacial score (nSPS) is 11.4. The van der Waals surface area contributed by atoms with Gasteiger partial charge in [0.15, 0.2) is 0 Å². The average molecular weight is 397 g/mol. The van der Waals surface area contributed by atoms with Gasteiger partial charge in [0.25, 0.3) is 0 Å². The molecule has 5 nitrogen and oxygen atoms in total. The summed E-state index contributed by atoms with van der Waals surface area (Å²) in [5, 5.41) is 2.03. The zero-order chi connectivity index (χ0) is 20.1. The molecule has 3 rings (SSSR count). The Balaban J connectivity index is 1.84. The van der Waals surface area contributed by atoms with E-state index in [1.165, 1.54) is 6.92 Å². The van der Waals surface area contributed by atoms with Crippen LogP contribution in [0.1, 0.15) is 18.1 Å². The number of fused-ring (bicyclic) bond motifs is 1. The molecule has 0 N–H and O–H groups in total. The first kappa shape index (κ1) is 19.9. The van der Waals surface area contributed by atoms with Gasteiger partial charge < -0.3 is 4.74 Å². The Morgan fingerprint density at radius 3 is 2.43 bits per heavy atom. The maximum absolute atomic E-state index is 12.8. The van der Waals surface area contributed by atoms with Crippen LogP contribution in [0.25, 0.3) is 10.8 Å². The average Bonchev–Trinajstić information content (AvgIpc) is 2.67. The fraction of sp³-hybridized carbons (Fsp3) is 0.227. The van der Waals surface area contributed by atoms with Crippen LogP contribution in [0.15, 0.2) is 66.7 Å². The summed E-state index contributed by atoms with van der Waals surface area (Å²) in [7, 11) is -2.14. The molecule has 0 spiro atoms. The molecule has 0 aliphatic carbocycles. The van der Waals surface area contributed by atoms with Crippen LogP contribution in [-0.4, -0.2) is 32.3 Å². The molecule has 0 saturated carbocycles. The number of nitrogens with zero attached hydrogens (tertiary/aromatic N) is 1. The van der Waals surface area contributed by atoms with E-state index in [1.54, 1.807) is 31.4 Å². The van der Waals surface area contributed by atoms with Gasteiger partial charge in [-0.1, -0.05) is 54.6 Å². The molecule has 28 heavy (non-hydrogen) atoms. The Morgan fingerprint density at radius 2 is 1.75 bits per heavy atom. The first-order valence-corrected chi connectivity index (χ1v) is 10.6. The van der Waals surface area contributed by atoms with Crippen LogP contribution in [-0.2, 0) is 27.0 Å². The molecule has 0 aliphatic heterocycles. The lowest BCUT2D eigenvalue weighted by molar-refractivity contribution is -0.124. The van der Waals surface area contributed by atoms with E-state index in [1.807, 2.05) is 42.5 Å². The molecular formula is C22H23NO4S. The second-order valence-corrected chi connectivity index (χ2v) is 8.48. The molecule has 0 saturated heterocycles. The molecule has 0 atom stereocenters. The third kappa shape index (κ3) is 4.51. The fourth-order valence-electron chi connectivity index (χ4n) is 3.24. The predicted octanol–water partition coefficient (Wildman–Crippen LogP) is 3.77. The second-order valence-electron chi connectivity index (χ2n) is 6.59. The van der Waals surface area contributed by atoms with Crippen molar-refractivity contribution in [2.24, 2.45) is 0 Å². The summed E-state index contributed by atoms with van der Waals surface area (Å²) in [6.07, 6.45) is 0.429. The molecule has 1 amide bonds. The largest absolute Gasteiger partial charge is 0.497 e. The number of ether oxygens (including phenoxy) is 1. The minimum Gasteiger partial charge on any atom is -0.497 e. The summed E-state index contributed by atoms with van der Waals surface area (Å²) < 4.78 is 31.9. The molecule has 0 aromatic heterocycles. The van der Waals surface area contributed by atoms with Crippen LogP contribution in [0.4, 0.5) is 0 Å². The molecular weight excluding hydrogens is 374 g/mol. The van der Waals surface area contributed by atoms with Crippen LogP contribution >= 0.6 is 0 Å². The number of carbonyl (C=O) groups excluding carboxylic acids is 1. The number of rotatable bonds is 7. The molecule has 0 radical (unpaired) electrons. The maximum atomic E-state index is 12.8. The first-order valence-electron chi connectivity index (χ1n) is 9.01. The predicted molar refractivity (Wildman–Crippen MR) is 111 cm³/mol. The lowest BCUT2D eigenvalue weighted by Crippen LogP contribution is -2.37. The van der Waals surface area contributed by atoms with Crippen molar-refractivity contribution < 1.29 is 17.9 Å². The van der Waals surface area contributed by atoms with E-state index in [4.69, 9.17) is 4.74 Å². The number of amides is 1. The Labute approximate surface area is 165 Å². The highest BCUT2D eigenvalue weighted by atomic mass is 32.2. The Morgan fingerprint density at radius 1 is 1.00 bits per heavy atom. The molecule has 0 fully saturated rings. The van der Waals surface area contributed by atoms with Gasteiger partial charge in [0.1, 0.15) is 5.75 Å². The van der Waals surface area contributed by atoms with E-state index in [-0.39, 0.29) is 12.3 Å². The van der Waals surface area contributed by atoms with Gasteiger partial charge in [0, 0.05) is 13.5 Å². The van der Waals surface area contributed by atoms with Crippen molar-refractivity contribution in [3.8, 4) is 5.75 Å². The van der Waals surface area contributed by atoms with Gasteiger partial charge >= 0.3 is 0 Å². The number of benzene rings is 3. The van der Waals surface area contributed by atoms with Gasteiger partial charge in [-0.3, -0.25) is 4.79 Å². The van der Waals surface area contributed by atoms with Crippen LogP contribution in [0.2, 0.25) is 0 Å². The van der Waals surface area contributed by atoms with Crippen molar-refractivity contribution in [3.05, 3.63) is 77.9 Å². The summed E-state index contributed by atoms with van der Waals surface area (Å²) in [5.74, 6) is 0.0605. The van der Waals surface area contributed by atoms with Crippen molar-refractivity contribution in [1.82, 2.24) is 4.31 Å². The number of hydrogen-bond donors (Lipinski definition) is 0. The molecule has 0 bridgehead atoms. The van der Waals surface area contributed by atoms with E-state index >= 15 is 0 Å². The standard InChI is InChI=1S/C22H23NO4S/c1-17(24)23(28(25,26)16-18-7-4-3-5-8-18)14-13-20-10-6-9-19-11-12-21(27-2)15-22(19)20/h3-12,15H,13-14,16H2,1-2H3. The van der Waals surface area contributed by atoms with Gasteiger partial charge in [-0.05, 0) is 40.5 Å². The monoisotopic (exact) mass is 397 g/mol. The molecule has 146 valence electrons. The Bertz CT molecular complexity index is 1080. The highest BCUT2D eigenvalue weighted by Gasteiger charge is 2.25. The van der Waals surface area contributed by atoms with Crippen molar-refractivity contribution in [2.45, 2.75) is 19.1 Å². The van der Waals surface area contributed by atoms with Gasteiger partial charge in [-0.25, -0.2) is 12.7 Å². The third-order valence-electron chi connectivity index (χ3n) is 4.64. The summed E-state index contributed by atoms with van der Waals surface area (Å²) in [6.45, 7) is 1.38. The van der Waals surface area contributed by atoms with Crippen molar-refractivity contribution in [1.29, 1.82) is 0 Å². The van der Waals surface area contributed by atoms with E-state index < -0.39 is 15.9 Å². The Kier molecular flexibility index (Phi) is 5.99. The molecule has 3 aromatic carbocycles. The topological polar surface area (TPSA) is 63.7 Å². The van der Waals surface area contributed by atoms with Gasteiger partial charge in [-0.2, -0.15) is 0 Å². The van der Waals surface area contributed by atoms with Crippen molar-refractivity contribution in [2.75, 3.05) is 13.7 Å². The van der Waals surface area contributed by atoms with Gasteiger partial charge in [0.2, 0.25) is 15.9 Å². The summed E-state index contributed by atoms with van der Waals surface area (Å²) in [4.78, 5) is 12.1. The minimum atomic E-state index is -3.75. The summed E-state index contributed by atoms with van der Waals surface area (Å²) >= 11 is 0. The van der Waals surface area contributed by atoms with Crippen LogP contribution < -0.4 is 4.74 Å². The molecule has 0 heterocycles. The number of sulfonamides is 1. The Hall–Kier alpha value is -2.86. The third-order valence-corrected chi connectivity index (χ3v) is 6.45. The number of methoxy groups -OCH3 is 1. The van der Waals surface area contributed by atoms with E-state index in [2.05, 4.69) is 0 Å². The van der Waals surface area contributed by atoms with Gasteiger partial charge in [-0.15, -0.1) is 0 Å². The minimum absolute atomic E-state index is 0.0980. The molecule has 0 unspecified atom stereocenters. The maximum Gasteiger partial charge on any atom is 0.241 e. The highest BCUT2D eigenvalue weighted by molar-refractivity contribution is 7.88. The molecule has 6 heteroatoms.